The van der Waals surface area contributed by atoms with Crippen molar-refractivity contribution in [2.24, 2.45) is 23.7 Å². The van der Waals surface area contributed by atoms with Crippen LogP contribution in [0.5, 0.6) is 0 Å². The third-order valence-corrected chi connectivity index (χ3v) is 7.97. The molecule has 4 aliphatic carbocycles. The zero-order valence-electron chi connectivity index (χ0n) is 15.3. The lowest BCUT2D eigenvalue weighted by atomic mass is 9.63. The molecular formula is C23H31NO. The predicted octanol–water partition coefficient (Wildman–Crippen LogP) is 4.94. The van der Waals surface area contributed by atoms with Gasteiger partial charge in [-0.1, -0.05) is 36.8 Å². The lowest BCUT2D eigenvalue weighted by Crippen LogP contribution is -2.33. The summed E-state index contributed by atoms with van der Waals surface area (Å²) in [6, 6.07) is 8.60. The van der Waals surface area contributed by atoms with Crippen LogP contribution in [0, 0.1) is 23.7 Å². The molecule has 1 spiro atoms. The summed E-state index contributed by atoms with van der Waals surface area (Å²) in [4.78, 5) is 12.4. The zero-order valence-corrected chi connectivity index (χ0v) is 15.3. The second-order valence-corrected chi connectivity index (χ2v) is 9.02. The van der Waals surface area contributed by atoms with Crippen LogP contribution in [0.3, 0.4) is 0 Å². The van der Waals surface area contributed by atoms with Gasteiger partial charge in [-0.25, -0.2) is 0 Å². The number of hydrogen-bond acceptors (Lipinski definition) is 1. The van der Waals surface area contributed by atoms with Gasteiger partial charge in [0, 0.05) is 19.5 Å². The van der Waals surface area contributed by atoms with E-state index in [-0.39, 0.29) is 12.7 Å². The second-order valence-electron chi connectivity index (χ2n) is 9.02. The van der Waals surface area contributed by atoms with Gasteiger partial charge in [0.25, 0.3) is 5.91 Å². The van der Waals surface area contributed by atoms with Gasteiger partial charge in [0.2, 0.25) is 0 Å². The van der Waals surface area contributed by atoms with Crippen molar-refractivity contribution in [2.45, 2.75) is 56.8 Å². The summed E-state index contributed by atoms with van der Waals surface area (Å²) in [7, 11) is 1.74. The first-order valence-corrected chi connectivity index (χ1v) is 10.2. The molecule has 3 atom stereocenters. The molecule has 4 aliphatic rings. The topological polar surface area (TPSA) is 29.1 Å². The molecule has 25 heavy (non-hydrogen) atoms. The van der Waals surface area contributed by atoms with Crippen molar-refractivity contribution in [1.82, 2.24) is 5.32 Å². The molecule has 3 saturated carbocycles. The number of likely N-dealkylation sites (N-methyl/N-ethyl adjacent to an activating group) is 1. The minimum atomic E-state index is 0. The van der Waals surface area contributed by atoms with E-state index in [4.69, 9.17) is 0 Å². The number of allylic oxidation sites excluding steroid dienone is 1. The molecule has 1 amide bonds. The Morgan fingerprint density at radius 1 is 1.08 bits per heavy atom. The SMILES string of the molecule is CNC(=O)C1=CC2(CCC(C3C[C@@H]4CC[C@@H]3C4)CC2)c2ccccc21.[HH]. The highest BCUT2D eigenvalue weighted by Gasteiger charge is 2.47. The highest BCUT2D eigenvalue weighted by atomic mass is 16.1. The Morgan fingerprint density at radius 2 is 1.88 bits per heavy atom. The Kier molecular flexibility index (Phi) is 3.59. The zero-order chi connectivity index (χ0) is 17.0. The van der Waals surface area contributed by atoms with Crippen molar-refractivity contribution in [3.63, 3.8) is 0 Å². The number of carbonyl (C=O) groups is 1. The van der Waals surface area contributed by atoms with Crippen molar-refractivity contribution >= 4 is 11.5 Å². The summed E-state index contributed by atoms with van der Waals surface area (Å²) in [6.07, 6.45) is 13.5. The predicted molar refractivity (Wildman–Crippen MR) is 103 cm³/mol. The molecule has 134 valence electrons. The normalized spacial score (nSPS) is 38.7. The molecule has 0 heterocycles. The highest BCUT2D eigenvalue weighted by molar-refractivity contribution is 6.21. The van der Waals surface area contributed by atoms with Gasteiger partial charge in [0.05, 0.1) is 0 Å². The molecule has 0 radical (unpaired) electrons. The van der Waals surface area contributed by atoms with E-state index in [0.717, 1.165) is 29.2 Å². The van der Waals surface area contributed by atoms with Crippen molar-refractivity contribution in [1.29, 1.82) is 0 Å². The summed E-state index contributed by atoms with van der Waals surface area (Å²) < 4.78 is 0. The smallest absolute Gasteiger partial charge is 0.251 e. The quantitative estimate of drug-likeness (QED) is 0.813. The van der Waals surface area contributed by atoms with Crippen LogP contribution in [-0.2, 0) is 10.2 Å². The van der Waals surface area contributed by atoms with E-state index >= 15 is 0 Å². The van der Waals surface area contributed by atoms with E-state index in [2.05, 4.69) is 35.7 Å². The van der Waals surface area contributed by atoms with Crippen molar-refractivity contribution in [2.75, 3.05) is 7.05 Å². The number of amides is 1. The van der Waals surface area contributed by atoms with Crippen molar-refractivity contribution in [3.8, 4) is 0 Å². The number of benzene rings is 1. The lowest BCUT2D eigenvalue weighted by Gasteiger charge is -2.41. The van der Waals surface area contributed by atoms with Gasteiger partial charge in [-0.15, -0.1) is 0 Å². The molecule has 3 fully saturated rings. The molecule has 1 N–H and O–H groups in total. The first kappa shape index (κ1) is 15.7. The molecule has 2 nitrogen and oxygen atoms in total. The van der Waals surface area contributed by atoms with Gasteiger partial charge in [0.1, 0.15) is 0 Å². The molecule has 2 bridgehead atoms. The number of rotatable bonds is 2. The Bertz CT molecular complexity index is 731. The minimum Gasteiger partial charge on any atom is -0.355 e. The maximum Gasteiger partial charge on any atom is 0.251 e. The van der Waals surface area contributed by atoms with Gasteiger partial charge >= 0.3 is 0 Å². The Balaban J connectivity index is 0.00000168. The van der Waals surface area contributed by atoms with Crippen molar-refractivity contribution < 1.29 is 6.22 Å². The number of carbonyl (C=O) groups excluding carboxylic acids is 1. The van der Waals surface area contributed by atoms with E-state index in [0.29, 0.717) is 0 Å². The fraction of sp³-hybridized carbons (Fsp3) is 0.609. The molecular weight excluding hydrogens is 306 g/mol. The molecule has 0 saturated heterocycles. The molecule has 5 rings (SSSR count). The number of hydrogen-bond donors (Lipinski definition) is 1. The van der Waals surface area contributed by atoms with Crippen LogP contribution in [0.1, 0.15) is 63.9 Å². The van der Waals surface area contributed by atoms with Crippen LogP contribution in [0.2, 0.25) is 0 Å². The monoisotopic (exact) mass is 337 g/mol. The van der Waals surface area contributed by atoms with E-state index < -0.39 is 0 Å². The fourth-order valence-electron chi connectivity index (χ4n) is 6.77. The van der Waals surface area contributed by atoms with E-state index in [9.17, 15) is 4.79 Å². The summed E-state index contributed by atoms with van der Waals surface area (Å²) >= 11 is 0. The Hall–Kier alpha value is -1.57. The number of nitrogens with one attached hydrogen (secondary N) is 1. The van der Waals surface area contributed by atoms with Crippen LogP contribution in [-0.4, -0.2) is 13.0 Å². The molecule has 2 heteroatoms. The average Bonchev–Trinajstić information content (AvgIpc) is 3.36. The van der Waals surface area contributed by atoms with Crippen LogP contribution >= 0.6 is 0 Å². The maximum absolute atomic E-state index is 12.4. The average molecular weight is 338 g/mol. The first-order chi connectivity index (χ1) is 12.2. The van der Waals surface area contributed by atoms with Gasteiger partial charge in [0.15, 0.2) is 0 Å². The van der Waals surface area contributed by atoms with E-state index in [1.54, 1.807) is 7.05 Å². The van der Waals surface area contributed by atoms with E-state index in [1.165, 1.54) is 62.5 Å². The summed E-state index contributed by atoms with van der Waals surface area (Å²) in [5.74, 6) is 4.11. The Labute approximate surface area is 152 Å². The Morgan fingerprint density at radius 3 is 2.56 bits per heavy atom. The summed E-state index contributed by atoms with van der Waals surface area (Å²) in [5.41, 5.74) is 3.59. The molecule has 1 aromatic carbocycles. The van der Waals surface area contributed by atoms with Crippen LogP contribution in [0.4, 0.5) is 0 Å². The molecule has 0 aromatic heterocycles. The van der Waals surface area contributed by atoms with E-state index in [1.807, 2.05) is 0 Å². The van der Waals surface area contributed by atoms with Crippen molar-refractivity contribution in [3.05, 3.63) is 41.5 Å². The summed E-state index contributed by atoms with van der Waals surface area (Å²) in [6.45, 7) is 0. The maximum atomic E-state index is 12.4. The second kappa shape index (κ2) is 5.72. The third-order valence-electron chi connectivity index (χ3n) is 7.97. The molecule has 0 aliphatic heterocycles. The molecule has 1 unspecified atom stereocenters. The van der Waals surface area contributed by atoms with Gasteiger partial charge in [-0.3, -0.25) is 4.79 Å². The highest BCUT2D eigenvalue weighted by Crippen LogP contribution is 2.57. The standard InChI is InChI=1S/C23H29NO.H2/c1-24-22(25)20-14-23(21-5-3-2-4-18(20)21)10-8-16(9-11-23)19-13-15-6-7-17(19)12-15;/h2-5,14-17,19H,6-13H2,1H3,(H,24,25);1H/t15-,16?,17-,19?,23?;/m1./s1. The van der Waals surface area contributed by atoms with Gasteiger partial charge in [-0.05, 0) is 79.7 Å². The van der Waals surface area contributed by atoms with Crippen LogP contribution < -0.4 is 5.32 Å². The summed E-state index contributed by atoms with van der Waals surface area (Å²) in [5, 5.41) is 2.83. The van der Waals surface area contributed by atoms with Gasteiger partial charge in [-0.2, -0.15) is 0 Å². The molecule has 1 aromatic rings. The lowest BCUT2D eigenvalue weighted by molar-refractivity contribution is -0.115. The van der Waals surface area contributed by atoms with Crippen LogP contribution in [0.15, 0.2) is 30.3 Å². The largest absolute Gasteiger partial charge is 0.355 e. The minimum absolute atomic E-state index is 0. The fourth-order valence-corrected chi connectivity index (χ4v) is 6.77. The number of fused-ring (bicyclic) bond motifs is 4. The van der Waals surface area contributed by atoms with Crippen LogP contribution in [0.25, 0.3) is 5.57 Å². The third kappa shape index (κ3) is 2.33. The van der Waals surface area contributed by atoms with Gasteiger partial charge < -0.3 is 5.32 Å². The first-order valence-electron chi connectivity index (χ1n) is 10.2.